The molecule has 0 unspecified atom stereocenters. The van der Waals surface area contributed by atoms with Gasteiger partial charge in [-0.15, -0.1) is 0 Å². The van der Waals surface area contributed by atoms with Gasteiger partial charge in [0, 0.05) is 16.5 Å². The van der Waals surface area contributed by atoms with Gasteiger partial charge >= 0.3 is 0 Å². The first kappa shape index (κ1) is 23.3. The highest BCUT2D eigenvalue weighted by Crippen LogP contribution is 2.41. The van der Waals surface area contributed by atoms with Gasteiger partial charge in [0.15, 0.2) is 0 Å². The summed E-state index contributed by atoms with van der Waals surface area (Å²) in [6.45, 7) is 4.02. The second-order valence-corrected chi connectivity index (χ2v) is 9.35. The van der Waals surface area contributed by atoms with Crippen LogP contribution in [-0.4, -0.2) is 21.6 Å². The number of thioether (sulfide) groups is 1. The minimum atomic E-state index is -0.293. The molecule has 3 aromatic carbocycles. The van der Waals surface area contributed by atoms with E-state index >= 15 is 0 Å². The Morgan fingerprint density at radius 2 is 1.61 bits per heavy atom. The molecule has 2 heterocycles. The molecule has 176 valence electrons. The van der Waals surface area contributed by atoms with E-state index in [2.05, 4.69) is 21.4 Å². The minimum absolute atomic E-state index is 0.103. The predicted octanol–water partition coefficient (Wildman–Crippen LogP) is 6.78. The molecule has 5 rings (SSSR count). The van der Waals surface area contributed by atoms with Crippen molar-refractivity contribution in [2.24, 2.45) is 0 Å². The lowest BCUT2D eigenvalue weighted by Crippen LogP contribution is -2.14. The highest BCUT2D eigenvalue weighted by atomic mass is 32.2. The first-order chi connectivity index (χ1) is 17.5. The smallest absolute Gasteiger partial charge is 0.237 e. The SMILES string of the molecule is Cc1ccc(-c2oc(NC(=O)CSc3ncnc4ccccc34)c(C#N)c2-c2ccc(C)cc2)cc1. The molecule has 5 aromatic rings. The second kappa shape index (κ2) is 10.1. The van der Waals surface area contributed by atoms with Crippen molar-refractivity contribution in [3.63, 3.8) is 0 Å². The van der Waals surface area contributed by atoms with Crippen LogP contribution in [0.3, 0.4) is 0 Å². The minimum Gasteiger partial charge on any atom is -0.438 e. The standard InChI is InChI=1S/C29H22N4O2S/c1-18-7-11-20(12-8-18)26-23(15-30)28(35-27(26)21-13-9-19(2)10-14-21)33-25(34)16-36-29-22-5-3-4-6-24(22)31-17-32-29/h3-14,17H,16H2,1-2H3,(H,33,34). The fourth-order valence-corrected chi connectivity index (χ4v) is 4.71. The number of carbonyl (C=O) groups is 1. The Hall–Kier alpha value is -4.41. The van der Waals surface area contributed by atoms with Gasteiger partial charge < -0.3 is 4.42 Å². The van der Waals surface area contributed by atoms with Crippen LogP contribution < -0.4 is 5.32 Å². The van der Waals surface area contributed by atoms with Gasteiger partial charge in [0.05, 0.1) is 11.3 Å². The van der Waals surface area contributed by atoms with Crippen molar-refractivity contribution in [1.82, 2.24) is 9.97 Å². The topological polar surface area (TPSA) is 91.8 Å². The molecule has 0 radical (unpaired) electrons. The molecule has 1 amide bonds. The van der Waals surface area contributed by atoms with Crippen molar-refractivity contribution in [2.45, 2.75) is 18.9 Å². The maximum absolute atomic E-state index is 12.9. The number of furan rings is 1. The number of anilines is 1. The van der Waals surface area contributed by atoms with E-state index in [1.54, 1.807) is 0 Å². The van der Waals surface area contributed by atoms with Crippen LogP contribution in [0.5, 0.6) is 0 Å². The summed E-state index contributed by atoms with van der Waals surface area (Å²) >= 11 is 1.31. The van der Waals surface area contributed by atoms with Crippen LogP contribution >= 0.6 is 11.8 Å². The van der Waals surface area contributed by atoms with E-state index in [4.69, 9.17) is 4.42 Å². The van der Waals surface area contributed by atoms with Crippen LogP contribution in [0.1, 0.15) is 16.7 Å². The lowest BCUT2D eigenvalue weighted by Gasteiger charge is -2.05. The maximum atomic E-state index is 12.9. The molecule has 6 nitrogen and oxygen atoms in total. The summed E-state index contributed by atoms with van der Waals surface area (Å²) in [5, 5.41) is 14.5. The molecule has 0 aliphatic rings. The Morgan fingerprint density at radius 1 is 0.944 bits per heavy atom. The van der Waals surface area contributed by atoms with E-state index in [1.165, 1.54) is 18.1 Å². The number of amides is 1. The van der Waals surface area contributed by atoms with E-state index in [1.807, 2.05) is 86.6 Å². The summed E-state index contributed by atoms with van der Waals surface area (Å²) in [5.41, 5.74) is 5.67. The number of fused-ring (bicyclic) bond motifs is 1. The zero-order valence-corrected chi connectivity index (χ0v) is 20.6. The van der Waals surface area contributed by atoms with Crippen LogP contribution in [0.25, 0.3) is 33.4 Å². The Bertz CT molecular complexity index is 1590. The molecular weight excluding hydrogens is 468 g/mol. The van der Waals surface area contributed by atoms with Crippen LogP contribution in [0.15, 0.2) is 88.6 Å². The predicted molar refractivity (Wildman–Crippen MR) is 143 cm³/mol. The Balaban J connectivity index is 1.47. The molecule has 0 fully saturated rings. The van der Waals surface area contributed by atoms with Gasteiger partial charge in [-0.05, 0) is 25.5 Å². The van der Waals surface area contributed by atoms with Crippen LogP contribution in [0.2, 0.25) is 0 Å². The molecule has 7 heteroatoms. The van der Waals surface area contributed by atoms with Crippen LogP contribution in [-0.2, 0) is 4.79 Å². The van der Waals surface area contributed by atoms with Gasteiger partial charge in [-0.25, -0.2) is 9.97 Å². The number of aromatic nitrogens is 2. The lowest BCUT2D eigenvalue weighted by molar-refractivity contribution is -0.113. The maximum Gasteiger partial charge on any atom is 0.237 e. The van der Waals surface area contributed by atoms with E-state index in [9.17, 15) is 10.1 Å². The van der Waals surface area contributed by atoms with E-state index in [0.29, 0.717) is 16.9 Å². The first-order valence-electron chi connectivity index (χ1n) is 11.4. The van der Waals surface area contributed by atoms with Crippen molar-refractivity contribution in [1.29, 1.82) is 5.26 Å². The molecule has 36 heavy (non-hydrogen) atoms. The summed E-state index contributed by atoms with van der Waals surface area (Å²) in [4.78, 5) is 21.5. The van der Waals surface area contributed by atoms with Crippen molar-refractivity contribution in [3.8, 4) is 28.5 Å². The molecule has 0 saturated carbocycles. The number of para-hydroxylation sites is 1. The van der Waals surface area contributed by atoms with E-state index in [0.717, 1.165) is 38.2 Å². The number of benzene rings is 3. The number of nitrogens with zero attached hydrogens (tertiary/aromatic N) is 3. The number of rotatable bonds is 6. The average Bonchev–Trinajstić information content (AvgIpc) is 3.26. The Labute approximate surface area is 213 Å². The van der Waals surface area contributed by atoms with Gasteiger partial charge in [0.2, 0.25) is 11.8 Å². The highest BCUT2D eigenvalue weighted by Gasteiger charge is 2.24. The quantitative estimate of drug-likeness (QED) is 0.208. The molecule has 0 bridgehead atoms. The number of carbonyl (C=O) groups excluding carboxylic acids is 1. The third-order valence-corrected chi connectivity index (χ3v) is 6.78. The molecule has 0 saturated heterocycles. The van der Waals surface area contributed by atoms with Crippen molar-refractivity contribution >= 4 is 34.5 Å². The van der Waals surface area contributed by atoms with Gasteiger partial charge in [-0.2, -0.15) is 5.26 Å². The zero-order valence-electron chi connectivity index (χ0n) is 19.8. The monoisotopic (exact) mass is 490 g/mol. The molecule has 0 atom stereocenters. The summed E-state index contributed by atoms with van der Waals surface area (Å²) in [7, 11) is 0. The number of nitrogens with one attached hydrogen (secondary N) is 1. The highest BCUT2D eigenvalue weighted by molar-refractivity contribution is 8.00. The van der Waals surface area contributed by atoms with E-state index in [-0.39, 0.29) is 17.5 Å². The van der Waals surface area contributed by atoms with Crippen LogP contribution in [0.4, 0.5) is 5.88 Å². The molecule has 0 aliphatic heterocycles. The van der Waals surface area contributed by atoms with Gasteiger partial charge in [0.1, 0.15) is 28.7 Å². The molecule has 0 spiro atoms. The fraction of sp³-hybridized carbons (Fsp3) is 0.103. The molecule has 2 aromatic heterocycles. The fourth-order valence-electron chi connectivity index (χ4n) is 3.92. The zero-order chi connectivity index (χ0) is 25.1. The van der Waals surface area contributed by atoms with Crippen molar-refractivity contribution < 1.29 is 9.21 Å². The second-order valence-electron chi connectivity index (χ2n) is 8.39. The third kappa shape index (κ3) is 4.72. The van der Waals surface area contributed by atoms with Gasteiger partial charge in [-0.3, -0.25) is 10.1 Å². The number of hydrogen-bond acceptors (Lipinski definition) is 6. The molecule has 1 N–H and O–H groups in total. The summed E-state index contributed by atoms with van der Waals surface area (Å²) in [6, 6.07) is 25.7. The van der Waals surface area contributed by atoms with Gasteiger partial charge in [0.25, 0.3) is 0 Å². The van der Waals surface area contributed by atoms with Crippen LogP contribution in [0, 0.1) is 25.2 Å². The number of hydrogen-bond donors (Lipinski definition) is 1. The van der Waals surface area contributed by atoms with Crippen molar-refractivity contribution in [3.05, 3.63) is 95.8 Å². The Kier molecular flexibility index (Phi) is 6.52. The largest absolute Gasteiger partial charge is 0.438 e. The Morgan fingerprint density at radius 3 is 2.31 bits per heavy atom. The van der Waals surface area contributed by atoms with Crippen molar-refractivity contribution in [2.75, 3.05) is 11.1 Å². The van der Waals surface area contributed by atoms with Gasteiger partial charge in [-0.1, -0.05) is 89.6 Å². The number of nitriles is 1. The van der Waals surface area contributed by atoms with E-state index < -0.39 is 0 Å². The lowest BCUT2D eigenvalue weighted by atomic mass is 9.97. The normalized spacial score (nSPS) is 10.8. The summed E-state index contributed by atoms with van der Waals surface area (Å²) < 4.78 is 6.15. The average molecular weight is 491 g/mol. The third-order valence-electron chi connectivity index (χ3n) is 5.77. The number of aryl methyl sites for hydroxylation is 2. The summed E-state index contributed by atoms with van der Waals surface area (Å²) in [6.07, 6.45) is 1.49. The first-order valence-corrected chi connectivity index (χ1v) is 12.4. The molecule has 0 aliphatic carbocycles. The summed E-state index contributed by atoms with van der Waals surface area (Å²) in [5.74, 6) is 0.493. The molecular formula is C29H22N4O2S.